The molecule has 87 heavy (non-hydrogen) atoms. The molecular weight excluding hydrogens is 1610 g/mol. The van der Waals surface area contributed by atoms with Gasteiger partial charge in [0.1, 0.15) is 48.4 Å². The summed E-state index contributed by atoms with van der Waals surface area (Å²) in [6.07, 6.45) is -0.794. The molecule has 5 aromatic heterocycles. The van der Waals surface area contributed by atoms with Gasteiger partial charge >= 0.3 is 0 Å². The fourth-order valence-electron chi connectivity index (χ4n) is 9.68. The van der Waals surface area contributed by atoms with Gasteiger partial charge in [0, 0.05) is 114 Å². The quantitative estimate of drug-likeness (QED) is 0.0495. The highest BCUT2D eigenvalue weighted by molar-refractivity contribution is 9.11. The van der Waals surface area contributed by atoms with Crippen molar-refractivity contribution in [3.63, 3.8) is 0 Å². The van der Waals surface area contributed by atoms with E-state index in [1.54, 1.807) is 23.9 Å². The number of rotatable bonds is 13. The molecule has 0 amide bonds. The third kappa shape index (κ3) is 19.7. The van der Waals surface area contributed by atoms with Crippen LogP contribution >= 0.6 is 168 Å². The molecule has 478 valence electrons. The van der Waals surface area contributed by atoms with E-state index in [4.69, 9.17) is 104 Å². The molecule has 15 nitrogen and oxygen atoms in total. The van der Waals surface area contributed by atoms with Gasteiger partial charge in [-0.05, 0) is 148 Å². The van der Waals surface area contributed by atoms with Gasteiger partial charge < -0.3 is 25.3 Å². The molecule has 0 aromatic carbocycles. The van der Waals surface area contributed by atoms with Crippen molar-refractivity contribution in [1.29, 1.82) is 0 Å². The summed E-state index contributed by atoms with van der Waals surface area (Å²) in [5, 5.41) is 6.97. The highest BCUT2D eigenvalue weighted by atomic mass is 79.9. The maximum absolute atomic E-state index is 13.2. The van der Waals surface area contributed by atoms with Crippen molar-refractivity contribution in [2.24, 2.45) is 5.92 Å². The molecule has 1 aliphatic heterocycles. The van der Waals surface area contributed by atoms with Crippen LogP contribution in [-0.4, -0.2) is 125 Å². The SMILES string of the molecule is C=C(C)CN(c1nc(Cl)nc(Cl)c1Br)C1CC(F)(F)C1.C=C(C)CN(c1nc(Cl)nc(NC)c1Br)C1CC(F)(F)C1.CNc1nc(Cl)nc2c1C(C)(C)CN2C1CC(F)(F)C1.Clc1nc(Cl)c(Br)c(Cl)n1.FC1(F)CC(Cc2nc(Cl)nc(Cl)c2Br)C1. The summed E-state index contributed by atoms with van der Waals surface area (Å²) in [6, 6.07) is -0.773. The number of nitrogens with zero attached hydrogens (tertiary/aromatic N) is 13. The number of alkyl halides is 8. The first-order valence-corrected chi connectivity index (χ1v) is 32.3. The maximum Gasteiger partial charge on any atom is 0.252 e. The van der Waals surface area contributed by atoms with Crippen molar-refractivity contribution >= 4 is 197 Å². The predicted octanol–water partition coefficient (Wildman–Crippen LogP) is 19.2. The molecule has 0 spiro atoms. The zero-order valence-electron chi connectivity index (χ0n) is 46.5. The molecule has 10 rings (SSSR count). The molecule has 0 radical (unpaired) electrons. The fourth-order valence-corrected chi connectivity index (χ4v) is 13.0. The Morgan fingerprint density at radius 3 is 1.30 bits per heavy atom. The number of aromatic nitrogens is 10. The number of hydrogen-bond acceptors (Lipinski definition) is 15. The predicted molar refractivity (Wildman–Crippen MR) is 345 cm³/mol. The molecule has 5 aliphatic rings. The molecule has 5 aromatic rings. The Bertz CT molecular complexity index is 3320. The Labute approximate surface area is 575 Å². The topological polar surface area (TPSA) is 163 Å². The van der Waals surface area contributed by atoms with Crippen molar-refractivity contribution in [2.45, 2.75) is 133 Å². The average molecular weight is 1670 g/mol. The van der Waals surface area contributed by atoms with Crippen LogP contribution in [0.1, 0.15) is 90.3 Å². The second-order valence-corrected chi connectivity index (χ2v) is 27.9. The normalized spacial score (nSPS) is 18.4. The summed E-state index contributed by atoms with van der Waals surface area (Å²) in [5.41, 5.74) is 3.05. The molecule has 0 saturated heterocycles. The molecule has 0 bridgehead atoms. The van der Waals surface area contributed by atoms with Crippen molar-refractivity contribution < 1.29 is 35.1 Å². The van der Waals surface area contributed by atoms with E-state index in [0.717, 1.165) is 16.7 Å². The molecule has 0 unspecified atom stereocenters. The maximum atomic E-state index is 13.2. The lowest BCUT2D eigenvalue weighted by Crippen LogP contribution is -2.52. The largest absolute Gasteiger partial charge is 0.373 e. The van der Waals surface area contributed by atoms with E-state index in [-0.39, 0.29) is 128 Å². The molecule has 4 fully saturated rings. The van der Waals surface area contributed by atoms with E-state index in [1.807, 2.05) is 18.7 Å². The average Bonchev–Trinajstić information content (AvgIpc) is 1.65. The van der Waals surface area contributed by atoms with Gasteiger partial charge in [0.15, 0.2) is 5.82 Å². The van der Waals surface area contributed by atoms with Crippen molar-refractivity contribution in [3.8, 4) is 0 Å². The van der Waals surface area contributed by atoms with E-state index in [9.17, 15) is 35.1 Å². The molecule has 6 heterocycles. The minimum atomic E-state index is -2.62. The monoisotopic (exact) mass is 1660 g/mol. The van der Waals surface area contributed by atoms with Crippen LogP contribution in [0.4, 0.5) is 64.2 Å². The van der Waals surface area contributed by atoms with Crippen LogP contribution in [0.3, 0.4) is 0 Å². The lowest BCUT2D eigenvalue weighted by atomic mass is 9.78. The van der Waals surface area contributed by atoms with Gasteiger partial charge in [-0.3, -0.25) is 0 Å². The molecular formula is C51H52Br4Cl9F8N15. The van der Waals surface area contributed by atoms with E-state index in [2.05, 4.69) is 151 Å². The summed E-state index contributed by atoms with van der Waals surface area (Å²) in [7, 11) is 3.48. The van der Waals surface area contributed by atoms with E-state index >= 15 is 0 Å². The summed E-state index contributed by atoms with van der Waals surface area (Å²) in [4.78, 5) is 45.1. The first-order valence-electron chi connectivity index (χ1n) is 25.7. The lowest BCUT2D eigenvalue weighted by molar-refractivity contribution is -0.110. The second kappa shape index (κ2) is 29.9. The van der Waals surface area contributed by atoms with Crippen LogP contribution in [0.15, 0.2) is 42.2 Å². The van der Waals surface area contributed by atoms with Crippen LogP contribution in [0.25, 0.3) is 0 Å². The van der Waals surface area contributed by atoms with Crippen LogP contribution in [0.2, 0.25) is 47.0 Å². The fraction of sp³-hybridized carbons (Fsp3) is 0.529. The first kappa shape index (κ1) is 73.9. The highest BCUT2D eigenvalue weighted by Crippen LogP contribution is 2.51. The molecule has 36 heteroatoms. The lowest BCUT2D eigenvalue weighted by Gasteiger charge is -2.43. The van der Waals surface area contributed by atoms with Crippen molar-refractivity contribution in [3.05, 3.63) is 100 Å². The third-order valence-corrected chi connectivity index (χ3v) is 19.5. The zero-order valence-corrected chi connectivity index (χ0v) is 59.6. The minimum Gasteiger partial charge on any atom is -0.373 e. The van der Waals surface area contributed by atoms with Crippen molar-refractivity contribution in [1.82, 2.24) is 49.8 Å². The Kier molecular flexibility index (Phi) is 25.4. The molecule has 0 atom stereocenters. The Morgan fingerprint density at radius 1 is 0.506 bits per heavy atom. The third-order valence-electron chi connectivity index (χ3n) is 13.6. The highest BCUT2D eigenvalue weighted by Gasteiger charge is 2.53. The summed E-state index contributed by atoms with van der Waals surface area (Å²) >= 11 is 64.5. The summed E-state index contributed by atoms with van der Waals surface area (Å²) in [5.74, 6) is -7.54. The van der Waals surface area contributed by atoms with Gasteiger partial charge in [-0.1, -0.05) is 84.6 Å². The van der Waals surface area contributed by atoms with Gasteiger partial charge in [0.05, 0.1) is 19.1 Å². The summed E-state index contributed by atoms with van der Waals surface area (Å²) in [6.45, 7) is 17.0. The van der Waals surface area contributed by atoms with Crippen molar-refractivity contribution in [2.75, 3.05) is 59.1 Å². The molecule has 2 N–H and O–H groups in total. The number of anilines is 5. The zero-order chi connectivity index (χ0) is 65.2. The molecule has 4 aliphatic carbocycles. The van der Waals surface area contributed by atoms with Crippen LogP contribution in [0, 0.1) is 5.92 Å². The van der Waals surface area contributed by atoms with Gasteiger partial charge in [-0.15, -0.1) is 0 Å². The minimum absolute atomic E-state index is 0.0222. The van der Waals surface area contributed by atoms with E-state index < -0.39 is 23.7 Å². The van der Waals surface area contributed by atoms with Crippen LogP contribution in [0.5, 0.6) is 0 Å². The number of fused-ring (bicyclic) bond motifs is 1. The van der Waals surface area contributed by atoms with Crippen LogP contribution in [-0.2, 0) is 11.8 Å². The number of nitrogens with one attached hydrogen (secondary N) is 2. The smallest absolute Gasteiger partial charge is 0.252 e. The van der Waals surface area contributed by atoms with E-state index in [1.165, 1.54) is 0 Å². The van der Waals surface area contributed by atoms with Crippen LogP contribution < -0.4 is 25.3 Å². The van der Waals surface area contributed by atoms with E-state index in [0.29, 0.717) is 78.7 Å². The Morgan fingerprint density at radius 2 is 0.874 bits per heavy atom. The number of halogens is 21. The second-order valence-electron chi connectivity index (χ2n) is 21.6. The van der Waals surface area contributed by atoms with Gasteiger partial charge in [-0.2, -0.15) is 15.0 Å². The van der Waals surface area contributed by atoms with Gasteiger partial charge in [0.25, 0.3) is 17.8 Å². The Hall–Kier alpha value is -2.15. The van der Waals surface area contributed by atoms with Gasteiger partial charge in [-0.25, -0.2) is 70.0 Å². The number of hydrogen-bond donors (Lipinski definition) is 2. The first-order chi connectivity index (χ1) is 40.1. The standard InChI is InChI=1S/C13H16BrClF2N4.C13H17ClF2N4.C12H12BrCl2F2N3.C9H7BrCl2F2N2.C4BrCl3N2/c1-7(2)6-21(8-4-13(16,17)5-8)11-9(14)10(18-3)19-12(15)20-11;1-12(2)6-20(7-4-13(15,16)5-7)10-8(12)9(17-3)18-11(14)19-10;1-6(2)5-20(7-3-12(16,17)4-7)10-8(13)9(14)18-11(15)19-10;10-6-5(15-8(12)16-7(6)11)1-4-2-9(13,14)3-4;5-1-2(6)9-4(8)10-3(1)7/h8H,1,4-6H2,2-3H3,(H,18,19,20);7H,4-6H2,1-3H3,(H,17,18,19);7H,1,3-5H2,2H3;4H,1-3H2;. The Balaban J connectivity index is 0.000000177. The van der Waals surface area contributed by atoms with Gasteiger partial charge in [0.2, 0.25) is 32.3 Å². The molecule has 4 saturated carbocycles. The summed E-state index contributed by atoms with van der Waals surface area (Å²) < 4.78 is 106.